The fraction of sp³-hybridized carbons (Fsp3) is 0.919. The van der Waals surface area contributed by atoms with Crippen LogP contribution in [0.1, 0.15) is 194 Å². The zero-order valence-electron chi connectivity index (χ0n) is 29.4. The smallest absolute Gasteiger partial charge is 0.266 e. The molecular weight excluding hydrogens is 586 g/mol. The second-order valence-electron chi connectivity index (χ2n) is 13.4. The lowest BCUT2D eigenvalue weighted by Crippen LogP contribution is -2.50. The van der Waals surface area contributed by atoms with Crippen molar-refractivity contribution in [3.05, 3.63) is 12.2 Å². The molecule has 0 bridgehead atoms. The van der Waals surface area contributed by atoms with Crippen LogP contribution in [-0.2, 0) is 14.9 Å². The van der Waals surface area contributed by atoms with Gasteiger partial charge in [0.1, 0.15) is 6.10 Å². The van der Waals surface area contributed by atoms with Crippen molar-refractivity contribution in [1.82, 2.24) is 5.32 Å². The molecule has 0 spiro atoms. The first-order valence-corrected chi connectivity index (χ1v) is 20.6. The van der Waals surface area contributed by atoms with Crippen molar-refractivity contribution in [3.63, 3.8) is 0 Å². The molecule has 8 heteroatoms. The Balaban J connectivity index is 3.93. The van der Waals surface area contributed by atoms with Gasteiger partial charge in [-0.2, -0.15) is 8.42 Å². The van der Waals surface area contributed by atoms with Crippen LogP contribution in [-0.4, -0.2) is 53.1 Å². The van der Waals surface area contributed by atoms with Crippen molar-refractivity contribution in [2.45, 2.75) is 212 Å². The fourth-order valence-corrected chi connectivity index (χ4v) is 6.63. The van der Waals surface area contributed by atoms with E-state index in [0.717, 1.165) is 32.1 Å². The van der Waals surface area contributed by atoms with Gasteiger partial charge in [-0.15, -0.1) is 0 Å². The number of carbonyl (C=O) groups excluding carboxylic acids is 1. The third-order valence-electron chi connectivity index (χ3n) is 8.84. The van der Waals surface area contributed by atoms with Crippen molar-refractivity contribution < 1.29 is 28.0 Å². The van der Waals surface area contributed by atoms with E-state index in [4.69, 9.17) is 0 Å². The highest BCUT2D eigenvalue weighted by molar-refractivity contribution is 7.85. The van der Waals surface area contributed by atoms with E-state index in [1.807, 2.05) is 6.08 Å². The molecule has 0 aromatic carbocycles. The highest BCUT2D eigenvalue weighted by Crippen LogP contribution is 2.16. The summed E-state index contributed by atoms with van der Waals surface area (Å²) < 4.78 is 32.4. The molecule has 0 aliphatic rings. The molecule has 0 saturated carbocycles. The molecule has 0 aromatic rings. The van der Waals surface area contributed by atoms with Crippen LogP contribution < -0.4 is 5.32 Å². The molecular formula is C37H73NO6S. The monoisotopic (exact) mass is 660 g/mol. The van der Waals surface area contributed by atoms with Gasteiger partial charge in [0.05, 0.1) is 17.9 Å². The summed E-state index contributed by atoms with van der Waals surface area (Å²) in [5, 5.41) is 23.3. The minimum absolute atomic E-state index is 0.214. The van der Waals surface area contributed by atoms with Gasteiger partial charge in [-0.3, -0.25) is 9.35 Å². The van der Waals surface area contributed by atoms with Gasteiger partial charge in [-0.05, 0) is 32.1 Å². The van der Waals surface area contributed by atoms with E-state index in [-0.39, 0.29) is 6.42 Å². The number of amides is 1. The number of unbranched alkanes of at least 4 members (excludes halogenated alkanes) is 23. The van der Waals surface area contributed by atoms with Crippen LogP contribution in [0.5, 0.6) is 0 Å². The van der Waals surface area contributed by atoms with Crippen LogP contribution in [0, 0.1) is 0 Å². The van der Waals surface area contributed by atoms with Crippen molar-refractivity contribution >= 4 is 16.0 Å². The van der Waals surface area contributed by atoms with E-state index < -0.39 is 40.0 Å². The molecule has 0 rings (SSSR count). The van der Waals surface area contributed by atoms with Crippen molar-refractivity contribution in [2.24, 2.45) is 0 Å². The first-order valence-electron chi connectivity index (χ1n) is 19.0. The normalized spacial score (nSPS) is 14.2. The quantitative estimate of drug-likeness (QED) is 0.0310. The van der Waals surface area contributed by atoms with E-state index in [1.165, 1.54) is 122 Å². The van der Waals surface area contributed by atoms with E-state index >= 15 is 0 Å². The summed E-state index contributed by atoms with van der Waals surface area (Å²) in [5.41, 5.74) is 0. The highest BCUT2D eigenvalue weighted by Gasteiger charge is 2.28. The highest BCUT2D eigenvalue weighted by atomic mass is 32.2. The Hall–Kier alpha value is -0.960. The Morgan fingerprint density at radius 1 is 0.578 bits per heavy atom. The first-order chi connectivity index (χ1) is 21.7. The Morgan fingerprint density at radius 3 is 1.38 bits per heavy atom. The maximum Gasteiger partial charge on any atom is 0.266 e. The second kappa shape index (κ2) is 31.6. The van der Waals surface area contributed by atoms with Gasteiger partial charge in [0.25, 0.3) is 10.1 Å². The number of allylic oxidation sites excluding steroid dienone is 2. The van der Waals surface area contributed by atoms with Gasteiger partial charge in [0.15, 0.2) is 0 Å². The van der Waals surface area contributed by atoms with E-state index in [9.17, 15) is 28.0 Å². The Bertz CT molecular complexity index is 788. The van der Waals surface area contributed by atoms with Crippen LogP contribution in [0.2, 0.25) is 0 Å². The summed E-state index contributed by atoms with van der Waals surface area (Å²) in [6, 6.07) is -1.16. The minimum atomic E-state index is -4.41. The lowest BCUT2D eigenvalue weighted by molar-refractivity contribution is -0.131. The summed E-state index contributed by atoms with van der Waals surface area (Å²) in [5.74, 6) is -1.49. The minimum Gasteiger partial charge on any atom is -0.391 e. The average molecular weight is 660 g/mol. The number of carbonyl (C=O) groups is 1. The van der Waals surface area contributed by atoms with Gasteiger partial charge in [-0.1, -0.05) is 174 Å². The fourth-order valence-electron chi connectivity index (χ4n) is 5.87. The third kappa shape index (κ3) is 31.4. The molecule has 0 aliphatic heterocycles. The third-order valence-corrected chi connectivity index (χ3v) is 9.62. The summed E-state index contributed by atoms with van der Waals surface area (Å²) in [4.78, 5) is 12.5. The Labute approximate surface area is 278 Å². The summed E-state index contributed by atoms with van der Waals surface area (Å²) in [6.07, 6.45) is 34.1. The van der Waals surface area contributed by atoms with E-state index in [2.05, 4.69) is 25.2 Å². The number of aliphatic hydroxyl groups is 2. The largest absolute Gasteiger partial charge is 0.391 e. The molecule has 0 aromatic heterocycles. The van der Waals surface area contributed by atoms with Crippen LogP contribution in [0.15, 0.2) is 12.2 Å². The number of hydrogen-bond acceptors (Lipinski definition) is 5. The van der Waals surface area contributed by atoms with Gasteiger partial charge >= 0.3 is 0 Å². The number of hydrogen-bond donors (Lipinski definition) is 4. The first kappa shape index (κ1) is 44.0. The Morgan fingerprint density at radius 2 is 0.956 bits per heavy atom. The lowest BCUT2D eigenvalue weighted by Gasteiger charge is -2.24. The van der Waals surface area contributed by atoms with Crippen molar-refractivity contribution in [3.8, 4) is 0 Å². The predicted octanol–water partition coefficient (Wildman–Crippen LogP) is 9.60. The molecule has 0 saturated heterocycles. The number of rotatable bonds is 34. The zero-order valence-corrected chi connectivity index (χ0v) is 30.2. The van der Waals surface area contributed by atoms with Crippen molar-refractivity contribution in [2.75, 3.05) is 5.75 Å². The molecule has 3 unspecified atom stereocenters. The summed E-state index contributed by atoms with van der Waals surface area (Å²) in [7, 11) is -4.41. The average Bonchev–Trinajstić information content (AvgIpc) is 3.00. The molecule has 0 heterocycles. The van der Waals surface area contributed by atoms with Crippen LogP contribution in [0.4, 0.5) is 0 Å². The van der Waals surface area contributed by atoms with Gasteiger partial charge < -0.3 is 15.5 Å². The van der Waals surface area contributed by atoms with E-state index in [1.54, 1.807) is 0 Å². The number of aliphatic hydroxyl groups excluding tert-OH is 2. The van der Waals surface area contributed by atoms with Crippen molar-refractivity contribution in [1.29, 1.82) is 0 Å². The molecule has 0 fully saturated rings. The molecule has 3 atom stereocenters. The maximum atomic E-state index is 12.5. The molecule has 0 aliphatic carbocycles. The molecule has 268 valence electrons. The second-order valence-corrected chi connectivity index (χ2v) is 14.8. The van der Waals surface area contributed by atoms with Gasteiger partial charge in [-0.25, -0.2) is 0 Å². The molecule has 1 amide bonds. The van der Waals surface area contributed by atoms with Gasteiger partial charge in [0, 0.05) is 0 Å². The number of nitrogens with one attached hydrogen (secondary N) is 1. The summed E-state index contributed by atoms with van der Waals surface area (Å²) in [6.45, 7) is 4.44. The SMILES string of the molecule is CCCCCC/C=C\CCC(O)C(=O)NC(CS(=O)(=O)O)C(O)CCCCCCCCCCCCCCCCCCCCCC. The Kier molecular flexibility index (Phi) is 31.0. The zero-order chi connectivity index (χ0) is 33.4. The predicted molar refractivity (Wildman–Crippen MR) is 190 cm³/mol. The summed E-state index contributed by atoms with van der Waals surface area (Å²) >= 11 is 0. The van der Waals surface area contributed by atoms with Crippen LogP contribution in [0.25, 0.3) is 0 Å². The maximum absolute atomic E-state index is 12.5. The molecule has 4 N–H and O–H groups in total. The van der Waals surface area contributed by atoms with Gasteiger partial charge in [0.2, 0.25) is 5.91 Å². The van der Waals surface area contributed by atoms with E-state index in [0.29, 0.717) is 19.3 Å². The molecule has 7 nitrogen and oxygen atoms in total. The lowest BCUT2D eigenvalue weighted by atomic mass is 10.0. The topological polar surface area (TPSA) is 124 Å². The van der Waals surface area contributed by atoms with Crippen LogP contribution >= 0.6 is 0 Å². The van der Waals surface area contributed by atoms with Crippen LogP contribution in [0.3, 0.4) is 0 Å². The molecule has 0 radical (unpaired) electrons. The molecule has 45 heavy (non-hydrogen) atoms. The standard InChI is InChI=1S/C37H73NO6S/c1-3-5-7-9-11-13-14-15-16-17-18-19-20-21-22-23-24-26-27-29-31-35(39)34(33-45(42,43)44)38-37(41)36(40)32-30-28-25-12-10-8-6-4-2/h25,28,34-36,39-40H,3-24,26-27,29-33H2,1-2H3,(H,38,41)(H,42,43,44)/b28-25-.